The van der Waals surface area contributed by atoms with E-state index in [1.165, 1.54) is 17.7 Å². The lowest BCUT2D eigenvalue weighted by molar-refractivity contribution is 0.305. The topological polar surface area (TPSA) is 21.3 Å². The van der Waals surface area contributed by atoms with Crippen LogP contribution in [-0.4, -0.2) is 6.54 Å². The van der Waals surface area contributed by atoms with E-state index in [9.17, 15) is 4.39 Å². The molecule has 0 aliphatic carbocycles. The third-order valence-electron chi connectivity index (χ3n) is 2.90. The van der Waals surface area contributed by atoms with Crippen LogP contribution in [0.3, 0.4) is 0 Å². The van der Waals surface area contributed by atoms with Crippen LogP contribution >= 0.6 is 15.9 Å². The normalized spacial score (nSPS) is 10.6. The van der Waals surface area contributed by atoms with Crippen molar-refractivity contribution < 1.29 is 9.13 Å². The van der Waals surface area contributed by atoms with Crippen molar-refractivity contribution in [3.8, 4) is 5.75 Å². The number of ether oxygens (including phenoxy) is 1. The molecule has 0 saturated carbocycles. The Kier molecular flexibility index (Phi) is 5.56. The van der Waals surface area contributed by atoms with Gasteiger partial charge in [0.15, 0.2) is 0 Å². The summed E-state index contributed by atoms with van der Waals surface area (Å²) in [5.41, 5.74) is 2.29. The molecule has 0 bridgehead atoms. The summed E-state index contributed by atoms with van der Waals surface area (Å²) in [6.45, 7) is 4.34. The number of halogens is 2. The van der Waals surface area contributed by atoms with Crippen molar-refractivity contribution >= 4 is 15.9 Å². The molecule has 0 aliphatic rings. The van der Waals surface area contributed by atoms with E-state index in [0.29, 0.717) is 12.4 Å². The van der Waals surface area contributed by atoms with Gasteiger partial charge in [-0.3, -0.25) is 0 Å². The van der Waals surface area contributed by atoms with Gasteiger partial charge in [0.2, 0.25) is 0 Å². The van der Waals surface area contributed by atoms with E-state index in [2.05, 4.69) is 40.3 Å². The summed E-state index contributed by atoms with van der Waals surface area (Å²) in [7, 11) is 0. The second-order valence-corrected chi connectivity index (χ2v) is 5.30. The summed E-state index contributed by atoms with van der Waals surface area (Å²) in [4.78, 5) is 0. The van der Waals surface area contributed by atoms with Crippen LogP contribution in [0.1, 0.15) is 18.1 Å². The van der Waals surface area contributed by atoms with Crippen LogP contribution in [-0.2, 0) is 13.2 Å². The van der Waals surface area contributed by atoms with Gasteiger partial charge in [-0.15, -0.1) is 0 Å². The smallest absolute Gasteiger partial charge is 0.123 e. The highest BCUT2D eigenvalue weighted by Crippen LogP contribution is 2.21. The first-order valence-corrected chi connectivity index (χ1v) is 7.34. The number of hydrogen-bond acceptors (Lipinski definition) is 2. The van der Waals surface area contributed by atoms with Crippen molar-refractivity contribution in [3.05, 3.63) is 63.9 Å². The van der Waals surface area contributed by atoms with Gasteiger partial charge >= 0.3 is 0 Å². The Morgan fingerprint density at radius 3 is 2.55 bits per heavy atom. The Hall–Kier alpha value is -1.39. The first-order valence-electron chi connectivity index (χ1n) is 6.55. The molecule has 2 rings (SSSR count). The van der Waals surface area contributed by atoms with Crippen LogP contribution in [0.4, 0.5) is 4.39 Å². The van der Waals surface area contributed by atoms with Crippen molar-refractivity contribution in [2.45, 2.75) is 20.1 Å². The van der Waals surface area contributed by atoms with E-state index in [1.807, 2.05) is 6.07 Å². The molecule has 0 fully saturated rings. The second kappa shape index (κ2) is 7.41. The van der Waals surface area contributed by atoms with Gasteiger partial charge in [-0.2, -0.15) is 0 Å². The van der Waals surface area contributed by atoms with Gasteiger partial charge in [0.05, 0.1) is 0 Å². The Bertz CT molecular complexity index is 557. The third kappa shape index (κ3) is 4.32. The molecule has 2 aromatic carbocycles. The molecule has 4 heteroatoms. The van der Waals surface area contributed by atoms with E-state index in [-0.39, 0.29) is 5.82 Å². The van der Waals surface area contributed by atoms with E-state index >= 15 is 0 Å². The van der Waals surface area contributed by atoms with Gasteiger partial charge in [-0.25, -0.2) is 4.39 Å². The maximum atomic E-state index is 12.8. The standard InChI is InChI=1S/C16H17BrFNO/c1-2-19-10-12-3-4-13(16(17)9-12)11-20-15-7-5-14(18)6-8-15/h3-9,19H,2,10-11H2,1H3. The molecular weight excluding hydrogens is 321 g/mol. The van der Waals surface area contributed by atoms with Crippen molar-refractivity contribution in [1.29, 1.82) is 0 Å². The Morgan fingerprint density at radius 1 is 1.15 bits per heavy atom. The fourth-order valence-electron chi connectivity index (χ4n) is 1.78. The van der Waals surface area contributed by atoms with Crippen LogP contribution in [0, 0.1) is 5.82 Å². The van der Waals surface area contributed by atoms with Crippen LogP contribution in [0.2, 0.25) is 0 Å². The van der Waals surface area contributed by atoms with E-state index in [4.69, 9.17) is 4.74 Å². The molecule has 0 saturated heterocycles. The minimum absolute atomic E-state index is 0.258. The highest BCUT2D eigenvalue weighted by atomic mass is 79.9. The zero-order valence-corrected chi connectivity index (χ0v) is 12.9. The number of benzene rings is 2. The molecule has 20 heavy (non-hydrogen) atoms. The predicted octanol–water partition coefficient (Wildman–Crippen LogP) is 4.28. The second-order valence-electron chi connectivity index (χ2n) is 4.45. The molecule has 0 amide bonds. The Morgan fingerprint density at radius 2 is 1.90 bits per heavy atom. The van der Waals surface area contributed by atoms with Gasteiger partial charge in [-0.1, -0.05) is 35.0 Å². The number of hydrogen-bond donors (Lipinski definition) is 1. The van der Waals surface area contributed by atoms with Crippen LogP contribution in [0.5, 0.6) is 5.75 Å². The van der Waals surface area contributed by atoms with Gasteiger partial charge in [0.1, 0.15) is 18.2 Å². The SMILES string of the molecule is CCNCc1ccc(COc2ccc(F)cc2)c(Br)c1. The maximum absolute atomic E-state index is 12.8. The number of nitrogens with one attached hydrogen (secondary N) is 1. The van der Waals surface area contributed by atoms with Gasteiger partial charge < -0.3 is 10.1 Å². The Balaban J connectivity index is 1.97. The summed E-state index contributed by atoms with van der Waals surface area (Å²) in [5.74, 6) is 0.404. The van der Waals surface area contributed by atoms with E-state index < -0.39 is 0 Å². The van der Waals surface area contributed by atoms with Gasteiger partial charge in [-0.05, 0) is 42.4 Å². The fourth-order valence-corrected chi connectivity index (χ4v) is 2.32. The molecule has 0 spiro atoms. The quantitative estimate of drug-likeness (QED) is 0.849. The summed E-state index contributed by atoms with van der Waals surface area (Å²) >= 11 is 3.56. The first kappa shape index (κ1) is 15.0. The van der Waals surface area contributed by atoms with Crippen LogP contribution in [0.15, 0.2) is 46.9 Å². The lowest BCUT2D eigenvalue weighted by atomic mass is 10.1. The minimum atomic E-state index is -0.258. The lowest BCUT2D eigenvalue weighted by Crippen LogP contribution is -2.11. The molecule has 0 aromatic heterocycles. The Labute approximate surface area is 127 Å². The molecule has 2 aromatic rings. The average molecular weight is 338 g/mol. The first-order chi connectivity index (χ1) is 9.69. The molecule has 0 atom stereocenters. The highest BCUT2D eigenvalue weighted by molar-refractivity contribution is 9.10. The molecule has 0 aliphatic heterocycles. The molecular formula is C16H17BrFNO. The van der Waals surface area contributed by atoms with Crippen molar-refractivity contribution in [2.75, 3.05) is 6.54 Å². The van der Waals surface area contributed by atoms with Gasteiger partial charge in [0, 0.05) is 16.6 Å². The maximum Gasteiger partial charge on any atom is 0.123 e. The zero-order chi connectivity index (χ0) is 14.4. The zero-order valence-electron chi connectivity index (χ0n) is 11.3. The molecule has 0 unspecified atom stereocenters. The van der Waals surface area contributed by atoms with Crippen molar-refractivity contribution in [1.82, 2.24) is 5.32 Å². The molecule has 1 N–H and O–H groups in total. The van der Waals surface area contributed by atoms with Gasteiger partial charge in [0.25, 0.3) is 0 Å². The highest BCUT2D eigenvalue weighted by Gasteiger charge is 2.03. The molecule has 0 heterocycles. The number of rotatable bonds is 6. The molecule has 0 radical (unpaired) electrons. The lowest BCUT2D eigenvalue weighted by Gasteiger charge is -2.10. The van der Waals surface area contributed by atoms with Crippen LogP contribution < -0.4 is 10.1 Å². The van der Waals surface area contributed by atoms with Crippen molar-refractivity contribution in [3.63, 3.8) is 0 Å². The fraction of sp³-hybridized carbons (Fsp3) is 0.250. The molecule has 106 valence electrons. The summed E-state index contributed by atoms with van der Waals surface area (Å²) in [5, 5.41) is 3.29. The minimum Gasteiger partial charge on any atom is -0.489 e. The third-order valence-corrected chi connectivity index (χ3v) is 3.64. The summed E-state index contributed by atoms with van der Waals surface area (Å²) in [6.07, 6.45) is 0. The van der Waals surface area contributed by atoms with E-state index in [1.54, 1.807) is 12.1 Å². The monoisotopic (exact) mass is 337 g/mol. The molecule has 2 nitrogen and oxygen atoms in total. The van der Waals surface area contributed by atoms with Crippen molar-refractivity contribution in [2.24, 2.45) is 0 Å². The largest absolute Gasteiger partial charge is 0.489 e. The average Bonchev–Trinajstić information content (AvgIpc) is 2.46. The summed E-state index contributed by atoms with van der Waals surface area (Å²) in [6, 6.07) is 12.3. The summed E-state index contributed by atoms with van der Waals surface area (Å²) < 4.78 is 19.5. The van der Waals surface area contributed by atoms with E-state index in [0.717, 1.165) is 23.1 Å². The predicted molar refractivity (Wildman–Crippen MR) is 82.3 cm³/mol. The van der Waals surface area contributed by atoms with Crippen LogP contribution in [0.25, 0.3) is 0 Å².